The molecule has 0 bridgehead atoms. The zero-order valence-electron chi connectivity index (χ0n) is 11.3. The van der Waals surface area contributed by atoms with Crippen LogP contribution in [-0.2, 0) is 14.6 Å². The number of hydrogen-bond donors (Lipinski definition) is 1. The van der Waals surface area contributed by atoms with Crippen molar-refractivity contribution in [2.75, 3.05) is 12.4 Å². The van der Waals surface area contributed by atoms with Crippen LogP contribution in [0.4, 0.5) is 4.39 Å². The van der Waals surface area contributed by atoms with Crippen molar-refractivity contribution in [3.8, 4) is 0 Å². The van der Waals surface area contributed by atoms with Gasteiger partial charge in [0.2, 0.25) is 5.91 Å². The first-order valence-corrected chi connectivity index (χ1v) is 9.26. The summed E-state index contributed by atoms with van der Waals surface area (Å²) in [5.74, 6) is -1.18. The first kappa shape index (κ1) is 16.9. The molecule has 8 heteroatoms. The van der Waals surface area contributed by atoms with E-state index in [2.05, 4.69) is 5.32 Å². The third kappa shape index (κ3) is 3.85. The molecule has 0 spiro atoms. The largest absolute Gasteiger partial charge is 0.353 e. The summed E-state index contributed by atoms with van der Waals surface area (Å²) in [6.45, 7) is -0.128. The van der Waals surface area contributed by atoms with Gasteiger partial charge in [0.1, 0.15) is 21.2 Å². The highest BCUT2D eigenvalue weighted by Gasteiger charge is 2.30. The van der Waals surface area contributed by atoms with Gasteiger partial charge in [-0.25, -0.2) is 12.8 Å². The Morgan fingerprint density at radius 3 is 2.50 bits per heavy atom. The Labute approximate surface area is 136 Å². The van der Waals surface area contributed by atoms with Gasteiger partial charge < -0.3 is 5.32 Å². The number of alkyl halides is 1. The highest BCUT2D eigenvalue weighted by molar-refractivity contribution is 7.93. The molecule has 0 fully saturated rings. The van der Waals surface area contributed by atoms with E-state index in [9.17, 15) is 17.6 Å². The molecule has 0 aliphatic rings. The Morgan fingerprint density at radius 2 is 1.95 bits per heavy atom. The first-order valence-electron chi connectivity index (χ1n) is 6.30. The van der Waals surface area contributed by atoms with E-state index < -0.39 is 26.8 Å². The number of thiophene rings is 1. The quantitative estimate of drug-likeness (QED) is 0.805. The van der Waals surface area contributed by atoms with Gasteiger partial charge in [-0.15, -0.1) is 22.9 Å². The van der Waals surface area contributed by atoms with Crippen LogP contribution in [0.25, 0.3) is 0 Å². The smallest absolute Gasteiger partial charge is 0.234 e. The molecule has 0 unspecified atom stereocenters. The molecule has 1 atom stereocenters. The molecule has 0 saturated carbocycles. The molecule has 1 N–H and O–H groups in total. The summed E-state index contributed by atoms with van der Waals surface area (Å²) >= 11 is 6.50. The summed E-state index contributed by atoms with van der Waals surface area (Å²) in [4.78, 5) is 11.3. The average molecular weight is 362 g/mol. The second-order valence-corrected chi connectivity index (χ2v) is 8.03. The SMILES string of the molecule is O=C(CCl)NC[C@@H](c1ccc(F)cc1)S(=O)(=O)c1cccs1. The summed E-state index contributed by atoms with van der Waals surface area (Å²) in [5, 5.41) is 3.13. The van der Waals surface area contributed by atoms with Crippen molar-refractivity contribution < 1.29 is 17.6 Å². The van der Waals surface area contributed by atoms with E-state index in [1.54, 1.807) is 11.4 Å². The Balaban J connectivity index is 2.37. The predicted molar refractivity (Wildman–Crippen MR) is 84.4 cm³/mol. The molecule has 0 aliphatic carbocycles. The van der Waals surface area contributed by atoms with Crippen molar-refractivity contribution >= 4 is 38.7 Å². The van der Waals surface area contributed by atoms with Crippen LogP contribution in [0.1, 0.15) is 10.8 Å². The lowest BCUT2D eigenvalue weighted by Crippen LogP contribution is -2.32. The summed E-state index contributed by atoms with van der Waals surface area (Å²) in [7, 11) is -3.69. The van der Waals surface area contributed by atoms with Gasteiger partial charge in [-0.1, -0.05) is 18.2 Å². The molecule has 0 saturated heterocycles. The number of nitrogens with one attached hydrogen (secondary N) is 1. The number of halogens is 2. The van der Waals surface area contributed by atoms with Crippen LogP contribution in [0, 0.1) is 5.82 Å². The van der Waals surface area contributed by atoms with Crippen LogP contribution in [0.2, 0.25) is 0 Å². The van der Waals surface area contributed by atoms with Crippen LogP contribution in [0.5, 0.6) is 0 Å². The summed E-state index contributed by atoms with van der Waals surface area (Å²) < 4.78 is 38.7. The highest BCUT2D eigenvalue weighted by atomic mass is 35.5. The van der Waals surface area contributed by atoms with E-state index in [4.69, 9.17) is 11.6 Å². The predicted octanol–water partition coefficient (Wildman–Crippen LogP) is 2.76. The summed E-state index contributed by atoms with van der Waals surface area (Å²) in [6, 6.07) is 8.32. The molecule has 1 amide bonds. The van der Waals surface area contributed by atoms with Crippen molar-refractivity contribution in [1.29, 1.82) is 0 Å². The van der Waals surface area contributed by atoms with Crippen LogP contribution in [0.15, 0.2) is 46.0 Å². The van der Waals surface area contributed by atoms with Gasteiger partial charge in [0.15, 0.2) is 9.84 Å². The Morgan fingerprint density at radius 1 is 1.27 bits per heavy atom. The van der Waals surface area contributed by atoms with E-state index in [0.717, 1.165) is 11.3 Å². The maximum atomic E-state index is 13.1. The lowest BCUT2D eigenvalue weighted by atomic mass is 10.1. The molecule has 2 aromatic rings. The fourth-order valence-corrected chi connectivity index (χ4v) is 4.86. The molecule has 1 heterocycles. The molecule has 22 heavy (non-hydrogen) atoms. The van der Waals surface area contributed by atoms with Gasteiger partial charge in [0.05, 0.1) is 0 Å². The number of benzene rings is 1. The molecule has 1 aromatic carbocycles. The van der Waals surface area contributed by atoms with Crippen molar-refractivity contribution in [2.24, 2.45) is 0 Å². The standard InChI is InChI=1S/C14H13ClFNO3S2/c15-8-13(18)17-9-12(10-3-5-11(16)6-4-10)22(19,20)14-2-1-7-21-14/h1-7,12H,8-9H2,(H,17,18)/t12-/m0/s1. The minimum absolute atomic E-state index is 0.128. The monoisotopic (exact) mass is 361 g/mol. The van der Waals surface area contributed by atoms with Gasteiger partial charge >= 0.3 is 0 Å². The molecule has 1 aromatic heterocycles. The van der Waals surface area contributed by atoms with Crippen molar-refractivity contribution in [3.05, 3.63) is 53.2 Å². The third-order valence-corrected chi connectivity index (χ3v) is 6.77. The second kappa shape index (κ2) is 7.21. The third-order valence-electron chi connectivity index (χ3n) is 3.00. The normalized spacial score (nSPS) is 12.8. The number of amides is 1. The van der Waals surface area contributed by atoms with Crippen molar-refractivity contribution in [2.45, 2.75) is 9.46 Å². The topological polar surface area (TPSA) is 63.2 Å². The van der Waals surface area contributed by atoms with Gasteiger partial charge in [0.25, 0.3) is 0 Å². The molecule has 2 rings (SSSR count). The average Bonchev–Trinajstić information content (AvgIpc) is 3.04. The number of hydrogen-bond acceptors (Lipinski definition) is 4. The van der Waals surface area contributed by atoms with E-state index >= 15 is 0 Å². The van der Waals surface area contributed by atoms with E-state index in [-0.39, 0.29) is 16.6 Å². The van der Waals surface area contributed by atoms with E-state index in [0.29, 0.717) is 5.56 Å². The van der Waals surface area contributed by atoms with Crippen LogP contribution in [0.3, 0.4) is 0 Å². The molecule has 118 valence electrons. The minimum atomic E-state index is -3.69. The maximum absolute atomic E-state index is 13.1. The van der Waals surface area contributed by atoms with Crippen LogP contribution in [-0.4, -0.2) is 26.7 Å². The van der Waals surface area contributed by atoms with E-state index in [1.807, 2.05) is 0 Å². The number of carbonyl (C=O) groups is 1. The van der Waals surface area contributed by atoms with Gasteiger partial charge in [-0.05, 0) is 29.1 Å². The molecular formula is C14H13ClFNO3S2. The maximum Gasteiger partial charge on any atom is 0.234 e. The first-order chi connectivity index (χ1) is 10.4. The molecule has 0 aliphatic heterocycles. The molecule has 0 radical (unpaired) electrons. The molecule has 4 nitrogen and oxygen atoms in total. The Bertz CT molecular complexity index is 730. The van der Waals surface area contributed by atoms with Gasteiger partial charge in [-0.2, -0.15) is 0 Å². The van der Waals surface area contributed by atoms with Gasteiger partial charge in [0, 0.05) is 6.54 Å². The lowest BCUT2D eigenvalue weighted by molar-refractivity contribution is -0.118. The number of carbonyl (C=O) groups excluding carboxylic acids is 1. The second-order valence-electron chi connectivity index (χ2n) is 4.45. The zero-order valence-corrected chi connectivity index (χ0v) is 13.7. The minimum Gasteiger partial charge on any atom is -0.353 e. The Kier molecular flexibility index (Phi) is 5.55. The summed E-state index contributed by atoms with van der Waals surface area (Å²) in [6.07, 6.45) is 0. The van der Waals surface area contributed by atoms with Crippen molar-refractivity contribution in [1.82, 2.24) is 5.32 Å². The van der Waals surface area contributed by atoms with E-state index in [1.165, 1.54) is 30.3 Å². The van der Waals surface area contributed by atoms with Crippen LogP contribution < -0.4 is 5.32 Å². The van der Waals surface area contributed by atoms with Gasteiger partial charge in [-0.3, -0.25) is 4.79 Å². The molecular weight excluding hydrogens is 349 g/mol. The van der Waals surface area contributed by atoms with Crippen molar-refractivity contribution in [3.63, 3.8) is 0 Å². The fraction of sp³-hybridized carbons (Fsp3) is 0.214. The van der Waals surface area contributed by atoms with Crippen LogP contribution >= 0.6 is 22.9 Å². The zero-order chi connectivity index (χ0) is 16.2. The number of rotatable bonds is 6. The lowest BCUT2D eigenvalue weighted by Gasteiger charge is -2.18. The number of sulfone groups is 1. The fourth-order valence-electron chi connectivity index (χ4n) is 1.90. The highest BCUT2D eigenvalue weighted by Crippen LogP contribution is 2.31. The Hall–Kier alpha value is -1.44. The summed E-state index contributed by atoms with van der Waals surface area (Å²) in [5.41, 5.74) is 0.407.